The first-order valence-corrected chi connectivity index (χ1v) is 9.16. The summed E-state index contributed by atoms with van der Waals surface area (Å²) in [6.45, 7) is 2.06. The molecule has 0 aliphatic heterocycles. The van der Waals surface area contributed by atoms with Gasteiger partial charge in [0.05, 0.1) is 19.6 Å². The molecule has 1 atom stereocenters. The van der Waals surface area contributed by atoms with Gasteiger partial charge < -0.3 is 4.74 Å². The standard InChI is InChI=1S/C24H25NO2/c1-18-13-15-19(16-14-18)22(17-23(26)27-2)25-24(20-9-5-3-6-10-20)21-11-7-4-8-12-21/h3-16,22,24-25H,17H2,1-2H3. The van der Waals surface area contributed by atoms with Crippen LogP contribution in [-0.4, -0.2) is 13.1 Å². The van der Waals surface area contributed by atoms with Crippen LogP contribution < -0.4 is 5.32 Å². The molecule has 138 valence electrons. The van der Waals surface area contributed by atoms with Gasteiger partial charge in [0.15, 0.2) is 0 Å². The summed E-state index contributed by atoms with van der Waals surface area (Å²) in [6, 6.07) is 28.7. The number of methoxy groups -OCH3 is 1. The Hall–Kier alpha value is -2.91. The van der Waals surface area contributed by atoms with Gasteiger partial charge in [0.2, 0.25) is 0 Å². The Bertz CT molecular complexity index is 805. The number of carbonyl (C=O) groups is 1. The number of carbonyl (C=O) groups excluding carboxylic acids is 1. The fourth-order valence-electron chi connectivity index (χ4n) is 3.20. The van der Waals surface area contributed by atoms with Crippen molar-refractivity contribution in [3.63, 3.8) is 0 Å². The minimum absolute atomic E-state index is 0.0247. The van der Waals surface area contributed by atoms with Gasteiger partial charge in [-0.05, 0) is 23.6 Å². The van der Waals surface area contributed by atoms with E-state index < -0.39 is 0 Å². The summed E-state index contributed by atoms with van der Waals surface area (Å²) >= 11 is 0. The second-order valence-corrected chi connectivity index (χ2v) is 6.66. The first-order valence-electron chi connectivity index (χ1n) is 9.16. The van der Waals surface area contributed by atoms with E-state index >= 15 is 0 Å². The zero-order chi connectivity index (χ0) is 19.1. The molecule has 3 nitrogen and oxygen atoms in total. The molecule has 0 aliphatic rings. The molecule has 3 rings (SSSR count). The van der Waals surface area contributed by atoms with Crippen LogP contribution in [0, 0.1) is 6.92 Å². The van der Waals surface area contributed by atoms with Gasteiger partial charge in [0.1, 0.15) is 0 Å². The number of hydrogen-bond acceptors (Lipinski definition) is 3. The number of ether oxygens (including phenoxy) is 1. The SMILES string of the molecule is COC(=O)CC(NC(c1ccccc1)c1ccccc1)c1ccc(C)cc1. The molecule has 0 aliphatic carbocycles. The lowest BCUT2D eigenvalue weighted by Crippen LogP contribution is -2.29. The zero-order valence-electron chi connectivity index (χ0n) is 15.8. The molecular formula is C24H25NO2. The smallest absolute Gasteiger partial charge is 0.307 e. The molecule has 0 radical (unpaired) electrons. The number of esters is 1. The van der Waals surface area contributed by atoms with Crippen LogP contribution in [0.1, 0.15) is 40.8 Å². The van der Waals surface area contributed by atoms with Crippen molar-refractivity contribution in [1.82, 2.24) is 5.32 Å². The predicted octanol–water partition coefficient (Wildman–Crippen LogP) is 4.98. The van der Waals surface area contributed by atoms with Crippen molar-refractivity contribution < 1.29 is 9.53 Å². The summed E-state index contributed by atoms with van der Waals surface area (Å²) in [4.78, 5) is 12.1. The summed E-state index contributed by atoms with van der Waals surface area (Å²) in [5.74, 6) is -0.229. The van der Waals surface area contributed by atoms with Gasteiger partial charge in [-0.2, -0.15) is 0 Å². The minimum Gasteiger partial charge on any atom is -0.469 e. The molecule has 0 saturated heterocycles. The summed E-state index contributed by atoms with van der Waals surface area (Å²) in [7, 11) is 1.43. The molecule has 0 aromatic heterocycles. The largest absolute Gasteiger partial charge is 0.469 e. The number of benzene rings is 3. The van der Waals surface area contributed by atoms with E-state index in [9.17, 15) is 4.79 Å². The van der Waals surface area contributed by atoms with Gasteiger partial charge in [-0.25, -0.2) is 0 Å². The summed E-state index contributed by atoms with van der Waals surface area (Å²) in [5, 5.41) is 3.69. The van der Waals surface area contributed by atoms with Gasteiger partial charge in [-0.1, -0.05) is 90.5 Å². The van der Waals surface area contributed by atoms with Crippen LogP contribution in [0.4, 0.5) is 0 Å². The third-order valence-corrected chi connectivity index (χ3v) is 4.71. The third-order valence-electron chi connectivity index (χ3n) is 4.71. The van der Waals surface area contributed by atoms with E-state index in [1.165, 1.54) is 12.7 Å². The topological polar surface area (TPSA) is 38.3 Å². The van der Waals surface area contributed by atoms with E-state index in [0.717, 1.165) is 16.7 Å². The maximum atomic E-state index is 12.1. The molecular weight excluding hydrogens is 334 g/mol. The van der Waals surface area contributed by atoms with Crippen LogP contribution in [0.3, 0.4) is 0 Å². The Labute approximate surface area is 161 Å². The molecule has 3 aromatic carbocycles. The Balaban J connectivity index is 1.96. The lowest BCUT2D eigenvalue weighted by Gasteiger charge is -2.27. The maximum absolute atomic E-state index is 12.1. The molecule has 0 saturated carbocycles. The van der Waals surface area contributed by atoms with Gasteiger partial charge in [-0.15, -0.1) is 0 Å². The number of nitrogens with one attached hydrogen (secondary N) is 1. The van der Waals surface area contributed by atoms with E-state index in [-0.39, 0.29) is 24.5 Å². The first-order chi connectivity index (χ1) is 13.2. The second kappa shape index (κ2) is 9.15. The lowest BCUT2D eigenvalue weighted by molar-refractivity contribution is -0.141. The van der Waals surface area contributed by atoms with Crippen LogP contribution in [-0.2, 0) is 9.53 Å². The highest BCUT2D eigenvalue weighted by atomic mass is 16.5. The normalized spacial score (nSPS) is 12.0. The van der Waals surface area contributed by atoms with Gasteiger partial charge in [-0.3, -0.25) is 10.1 Å². The maximum Gasteiger partial charge on any atom is 0.307 e. The molecule has 3 aromatic rings. The number of rotatable bonds is 7. The zero-order valence-corrected chi connectivity index (χ0v) is 15.8. The summed E-state index contributed by atoms with van der Waals surface area (Å²) < 4.78 is 4.94. The molecule has 0 heterocycles. The van der Waals surface area contributed by atoms with E-state index in [0.29, 0.717) is 0 Å². The molecule has 0 bridgehead atoms. The van der Waals surface area contributed by atoms with Crippen LogP contribution in [0.25, 0.3) is 0 Å². The summed E-state index contributed by atoms with van der Waals surface area (Å²) in [5.41, 5.74) is 4.58. The second-order valence-electron chi connectivity index (χ2n) is 6.66. The van der Waals surface area contributed by atoms with Crippen molar-refractivity contribution in [3.8, 4) is 0 Å². The third kappa shape index (κ3) is 5.05. The molecule has 27 heavy (non-hydrogen) atoms. The van der Waals surface area contributed by atoms with E-state index in [2.05, 4.69) is 60.8 Å². The van der Waals surface area contributed by atoms with Crippen molar-refractivity contribution in [2.24, 2.45) is 0 Å². The Morgan fingerprint density at radius 1 is 0.815 bits per heavy atom. The van der Waals surface area contributed by atoms with Gasteiger partial charge in [0, 0.05) is 6.04 Å². The highest BCUT2D eigenvalue weighted by Crippen LogP contribution is 2.28. The average Bonchev–Trinajstić information content (AvgIpc) is 2.73. The minimum atomic E-state index is -0.229. The monoisotopic (exact) mass is 359 g/mol. The summed E-state index contributed by atoms with van der Waals surface area (Å²) in [6.07, 6.45) is 0.274. The molecule has 3 heteroatoms. The Morgan fingerprint density at radius 2 is 1.33 bits per heavy atom. The highest BCUT2D eigenvalue weighted by Gasteiger charge is 2.22. The van der Waals surface area contributed by atoms with E-state index in [1.807, 2.05) is 36.4 Å². The molecule has 0 fully saturated rings. The van der Waals surface area contributed by atoms with Crippen molar-refractivity contribution >= 4 is 5.97 Å². The van der Waals surface area contributed by atoms with Gasteiger partial charge >= 0.3 is 5.97 Å². The molecule has 0 spiro atoms. The highest BCUT2D eigenvalue weighted by molar-refractivity contribution is 5.70. The van der Waals surface area contributed by atoms with E-state index in [1.54, 1.807) is 0 Å². The van der Waals surface area contributed by atoms with Crippen LogP contribution in [0.15, 0.2) is 84.9 Å². The Kier molecular flexibility index (Phi) is 6.39. The quantitative estimate of drug-likeness (QED) is 0.605. The van der Waals surface area contributed by atoms with Gasteiger partial charge in [0.25, 0.3) is 0 Å². The fraction of sp³-hybridized carbons (Fsp3) is 0.208. The van der Waals surface area contributed by atoms with Crippen LogP contribution in [0.2, 0.25) is 0 Å². The molecule has 1 N–H and O–H groups in total. The average molecular weight is 359 g/mol. The number of hydrogen-bond donors (Lipinski definition) is 1. The molecule has 1 unspecified atom stereocenters. The van der Waals surface area contributed by atoms with Crippen LogP contribution in [0.5, 0.6) is 0 Å². The van der Waals surface area contributed by atoms with Crippen LogP contribution >= 0.6 is 0 Å². The molecule has 0 amide bonds. The fourth-order valence-corrected chi connectivity index (χ4v) is 3.20. The van der Waals surface area contributed by atoms with Crippen molar-refractivity contribution in [1.29, 1.82) is 0 Å². The van der Waals surface area contributed by atoms with Crippen molar-refractivity contribution in [3.05, 3.63) is 107 Å². The Morgan fingerprint density at radius 3 is 1.81 bits per heavy atom. The lowest BCUT2D eigenvalue weighted by atomic mass is 9.95. The predicted molar refractivity (Wildman–Crippen MR) is 108 cm³/mol. The van der Waals surface area contributed by atoms with E-state index in [4.69, 9.17) is 4.74 Å². The number of aryl methyl sites for hydroxylation is 1. The van der Waals surface area contributed by atoms with Crippen molar-refractivity contribution in [2.75, 3.05) is 7.11 Å². The van der Waals surface area contributed by atoms with Crippen molar-refractivity contribution in [2.45, 2.75) is 25.4 Å². The first kappa shape index (κ1) is 18.9.